The van der Waals surface area contributed by atoms with E-state index in [1.54, 1.807) is 0 Å². The summed E-state index contributed by atoms with van der Waals surface area (Å²) >= 11 is 0. The summed E-state index contributed by atoms with van der Waals surface area (Å²) in [5, 5.41) is 0. The van der Waals surface area contributed by atoms with E-state index in [0.717, 1.165) is 16.9 Å². The van der Waals surface area contributed by atoms with Crippen molar-refractivity contribution in [3.05, 3.63) is 65.2 Å². The van der Waals surface area contributed by atoms with Gasteiger partial charge in [0, 0.05) is 5.56 Å². The molecule has 0 N–H and O–H groups in total. The van der Waals surface area contributed by atoms with E-state index < -0.39 is 0 Å². The van der Waals surface area contributed by atoms with Crippen LogP contribution in [0.2, 0.25) is 0 Å². The predicted octanol–water partition coefficient (Wildman–Crippen LogP) is 4.06. The van der Waals surface area contributed by atoms with E-state index in [0.29, 0.717) is 12.3 Å². The van der Waals surface area contributed by atoms with Crippen LogP contribution in [0.5, 0.6) is 5.75 Å². The lowest BCUT2D eigenvalue weighted by atomic mass is 9.91. The summed E-state index contributed by atoms with van der Waals surface area (Å²) < 4.78 is 5.44. The number of rotatable bonds is 3. The van der Waals surface area contributed by atoms with Gasteiger partial charge in [-0.1, -0.05) is 56.3 Å². The van der Waals surface area contributed by atoms with E-state index in [-0.39, 0.29) is 11.9 Å². The lowest BCUT2D eigenvalue weighted by molar-refractivity contribution is -0.134. The molecule has 1 unspecified atom stereocenters. The van der Waals surface area contributed by atoms with Crippen LogP contribution in [0.1, 0.15) is 42.4 Å². The zero-order valence-corrected chi connectivity index (χ0v) is 11.8. The molecule has 0 fully saturated rings. The minimum absolute atomic E-state index is 0.134. The van der Waals surface area contributed by atoms with Crippen molar-refractivity contribution in [2.75, 3.05) is 0 Å². The van der Waals surface area contributed by atoms with E-state index in [1.807, 2.05) is 42.5 Å². The van der Waals surface area contributed by atoms with Crippen LogP contribution in [0, 0.1) is 0 Å². The summed E-state index contributed by atoms with van der Waals surface area (Å²) in [5.41, 5.74) is 3.38. The van der Waals surface area contributed by atoms with Crippen molar-refractivity contribution in [3.8, 4) is 5.75 Å². The average molecular weight is 266 g/mol. The first kappa shape index (κ1) is 12.9. The third-order valence-corrected chi connectivity index (χ3v) is 3.86. The fraction of sp³-hybridized carbons (Fsp3) is 0.278. The second-order valence-electron chi connectivity index (χ2n) is 5.62. The predicted molar refractivity (Wildman–Crippen MR) is 79.1 cm³/mol. The number of esters is 1. The van der Waals surface area contributed by atoms with Crippen molar-refractivity contribution in [1.29, 1.82) is 0 Å². The molecule has 1 aliphatic heterocycles. The van der Waals surface area contributed by atoms with Gasteiger partial charge in [-0.05, 0) is 29.5 Å². The number of benzene rings is 2. The minimum Gasteiger partial charge on any atom is -0.426 e. The molecule has 1 atom stereocenters. The van der Waals surface area contributed by atoms with Gasteiger partial charge in [-0.2, -0.15) is 0 Å². The van der Waals surface area contributed by atoms with Crippen LogP contribution < -0.4 is 4.74 Å². The number of ether oxygens (including phenoxy) is 1. The molecule has 20 heavy (non-hydrogen) atoms. The summed E-state index contributed by atoms with van der Waals surface area (Å²) in [6.45, 7) is 4.28. The van der Waals surface area contributed by atoms with Crippen LogP contribution in [0.25, 0.3) is 0 Å². The van der Waals surface area contributed by atoms with Crippen LogP contribution in [0.15, 0.2) is 48.5 Å². The molecule has 0 saturated heterocycles. The molecule has 0 aromatic heterocycles. The molecule has 3 rings (SSSR count). The summed E-state index contributed by atoms with van der Waals surface area (Å²) in [4.78, 5) is 12.1. The van der Waals surface area contributed by atoms with Gasteiger partial charge in [0.1, 0.15) is 5.75 Å². The number of hydrogen-bond donors (Lipinski definition) is 0. The Kier molecular flexibility index (Phi) is 3.31. The van der Waals surface area contributed by atoms with E-state index in [9.17, 15) is 4.79 Å². The Balaban J connectivity index is 1.90. The maximum atomic E-state index is 12.1. The van der Waals surface area contributed by atoms with Gasteiger partial charge < -0.3 is 4.74 Å². The van der Waals surface area contributed by atoms with E-state index >= 15 is 0 Å². The summed E-state index contributed by atoms with van der Waals surface area (Å²) in [6, 6.07) is 16.2. The first-order chi connectivity index (χ1) is 9.65. The second kappa shape index (κ2) is 5.12. The Bertz CT molecular complexity index is 629. The van der Waals surface area contributed by atoms with E-state index in [1.165, 1.54) is 5.56 Å². The third-order valence-electron chi connectivity index (χ3n) is 3.86. The monoisotopic (exact) mass is 266 g/mol. The highest BCUT2D eigenvalue weighted by Crippen LogP contribution is 2.38. The minimum atomic E-state index is -0.173. The molecule has 2 aromatic carbocycles. The number of hydrogen-bond acceptors (Lipinski definition) is 2. The molecular weight excluding hydrogens is 248 g/mol. The Morgan fingerprint density at radius 2 is 1.85 bits per heavy atom. The third kappa shape index (κ3) is 2.34. The first-order valence-corrected chi connectivity index (χ1v) is 7.04. The van der Waals surface area contributed by atoms with Crippen LogP contribution in [0.3, 0.4) is 0 Å². The fourth-order valence-corrected chi connectivity index (χ4v) is 2.64. The molecule has 0 saturated carbocycles. The second-order valence-corrected chi connectivity index (χ2v) is 5.62. The largest absolute Gasteiger partial charge is 0.426 e. The maximum absolute atomic E-state index is 12.1. The van der Waals surface area contributed by atoms with Gasteiger partial charge in [0.25, 0.3) is 0 Å². The average Bonchev–Trinajstić information content (AvgIpc) is 2.75. The lowest BCUT2D eigenvalue weighted by Crippen LogP contribution is -2.12. The lowest BCUT2D eigenvalue weighted by Gasteiger charge is -2.09. The van der Waals surface area contributed by atoms with Gasteiger partial charge in [-0.3, -0.25) is 4.79 Å². The van der Waals surface area contributed by atoms with Crippen molar-refractivity contribution in [3.63, 3.8) is 0 Å². The molecule has 0 bridgehead atoms. The Morgan fingerprint density at radius 1 is 1.10 bits per heavy atom. The molecule has 102 valence electrons. The molecule has 0 radical (unpaired) electrons. The highest BCUT2D eigenvalue weighted by atomic mass is 16.5. The zero-order chi connectivity index (χ0) is 14.1. The molecule has 0 aliphatic carbocycles. The van der Waals surface area contributed by atoms with Gasteiger partial charge in [-0.15, -0.1) is 0 Å². The molecule has 2 nitrogen and oxygen atoms in total. The fourth-order valence-electron chi connectivity index (χ4n) is 2.64. The van der Waals surface area contributed by atoms with Gasteiger partial charge in [0.05, 0.1) is 5.92 Å². The summed E-state index contributed by atoms with van der Waals surface area (Å²) in [5.74, 6) is 0.868. The maximum Gasteiger partial charge on any atom is 0.319 e. The Morgan fingerprint density at radius 3 is 2.55 bits per heavy atom. The van der Waals surface area contributed by atoms with Crippen LogP contribution in [0.4, 0.5) is 0 Å². The number of fused-ring (bicyclic) bond motifs is 1. The molecule has 2 aromatic rings. The van der Waals surface area contributed by atoms with Crippen molar-refractivity contribution >= 4 is 5.97 Å². The molecule has 1 heterocycles. The van der Waals surface area contributed by atoms with E-state index in [2.05, 4.69) is 19.9 Å². The smallest absolute Gasteiger partial charge is 0.319 e. The molecule has 2 heteroatoms. The number of carbonyl (C=O) groups is 1. The molecule has 0 amide bonds. The van der Waals surface area contributed by atoms with Crippen molar-refractivity contribution in [1.82, 2.24) is 0 Å². The molecular formula is C18H18O2. The van der Waals surface area contributed by atoms with Crippen LogP contribution >= 0.6 is 0 Å². The summed E-state index contributed by atoms with van der Waals surface area (Å²) in [6.07, 6.45) is 0.702. The summed E-state index contributed by atoms with van der Waals surface area (Å²) in [7, 11) is 0. The van der Waals surface area contributed by atoms with Gasteiger partial charge in [-0.25, -0.2) is 0 Å². The normalized spacial score (nSPS) is 17.1. The van der Waals surface area contributed by atoms with Crippen molar-refractivity contribution in [2.45, 2.75) is 32.1 Å². The molecule has 0 spiro atoms. The van der Waals surface area contributed by atoms with Gasteiger partial charge in [0.15, 0.2) is 0 Å². The van der Waals surface area contributed by atoms with Crippen molar-refractivity contribution in [2.24, 2.45) is 0 Å². The Hall–Kier alpha value is -2.09. The molecule has 1 aliphatic rings. The Labute approximate surface area is 119 Å². The quantitative estimate of drug-likeness (QED) is 0.618. The first-order valence-electron chi connectivity index (χ1n) is 7.04. The zero-order valence-electron chi connectivity index (χ0n) is 11.8. The van der Waals surface area contributed by atoms with Crippen molar-refractivity contribution < 1.29 is 9.53 Å². The highest BCUT2D eigenvalue weighted by Gasteiger charge is 2.33. The van der Waals surface area contributed by atoms with Crippen LogP contribution in [-0.4, -0.2) is 5.97 Å². The van der Waals surface area contributed by atoms with Gasteiger partial charge >= 0.3 is 5.97 Å². The topological polar surface area (TPSA) is 26.3 Å². The highest BCUT2D eigenvalue weighted by molar-refractivity contribution is 5.86. The standard InChI is InChI=1S/C18H18O2/c1-12(2)14-8-9-15-16(18(19)20-17(15)11-14)10-13-6-4-3-5-7-13/h3-9,11-12,16H,10H2,1-2H3. The van der Waals surface area contributed by atoms with Crippen LogP contribution in [-0.2, 0) is 11.2 Å². The van der Waals surface area contributed by atoms with Gasteiger partial charge in [0.2, 0.25) is 0 Å². The number of carbonyl (C=O) groups excluding carboxylic acids is 1. The van der Waals surface area contributed by atoms with E-state index in [4.69, 9.17) is 4.74 Å². The SMILES string of the molecule is CC(C)c1ccc2c(c1)OC(=O)C2Cc1ccccc1.